The van der Waals surface area contributed by atoms with Crippen LogP contribution in [-0.4, -0.2) is 11.3 Å². The average Bonchev–Trinajstić information content (AvgIpc) is 2.37. The molecular weight excluding hydrogens is 272 g/mol. The number of aryl methyl sites for hydroxylation is 1. The first-order valence-electron chi connectivity index (χ1n) is 5.88. The predicted molar refractivity (Wildman–Crippen MR) is 66.6 cm³/mol. The Morgan fingerprint density at radius 3 is 2.15 bits per heavy atom. The number of alkyl halides is 3. The van der Waals surface area contributed by atoms with Crippen LogP contribution < -0.4 is 0 Å². The summed E-state index contributed by atoms with van der Waals surface area (Å²) in [6.07, 6.45) is -5.04. The first-order valence-corrected chi connectivity index (χ1v) is 5.88. The second kappa shape index (κ2) is 4.90. The van der Waals surface area contributed by atoms with Crippen molar-refractivity contribution in [1.82, 2.24) is 0 Å². The largest absolute Gasteiger partial charge is 0.425 e. The van der Waals surface area contributed by atoms with Crippen LogP contribution in [0.25, 0.3) is 0 Å². The Hall–Kier alpha value is -1.88. The maximum absolute atomic E-state index is 13.7. The van der Waals surface area contributed by atoms with E-state index in [1.807, 2.05) is 0 Å². The third kappa shape index (κ3) is 2.29. The highest BCUT2D eigenvalue weighted by molar-refractivity contribution is 5.40. The number of rotatable bonds is 2. The minimum absolute atomic E-state index is 0.407. The lowest BCUT2D eigenvalue weighted by atomic mass is 9.84. The lowest BCUT2D eigenvalue weighted by Crippen LogP contribution is -2.44. The molecule has 2 aromatic rings. The van der Waals surface area contributed by atoms with Crippen molar-refractivity contribution in [3.05, 3.63) is 71.0 Å². The summed E-state index contributed by atoms with van der Waals surface area (Å²) in [6.45, 7) is 1.60. The van der Waals surface area contributed by atoms with Gasteiger partial charge >= 0.3 is 6.18 Å². The summed E-state index contributed by atoms with van der Waals surface area (Å²) in [5.41, 5.74) is -4.04. The summed E-state index contributed by atoms with van der Waals surface area (Å²) >= 11 is 0. The van der Waals surface area contributed by atoms with Gasteiger partial charge in [0.15, 0.2) is 0 Å². The molecule has 0 saturated carbocycles. The molecule has 0 aliphatic rings. The number of aliphatic hydroxyl groups is 1. The zero-order valence-corrected chi connectivity index (χ0v) is 10.6. The molecule has 1 atom stereocenters. The molecule has 2 aromatic carbocycles. The van der Waals surface area contributed by atoms with E-state index in [0.717, 1.165) is 18.2 Å². The Morgan fingerprint density at radius 2 is 1.60 bits per heavy atom. The number of hydrogen-bond donors (Lipinski definition) is 1. The van der Waals surface area contributed by atoms with Crippen LogP contribution in [0, 0.1) is 12.7 Å². The topological polar surface area (TPSA) is 20.2 Å². The third-order valence-electron chi connectivity index (χ3n) is 3.11. The summed E-state index contributed by atoms with van der Waals surface area (Å²) < 4.78 is 53.9. The first kappa shape index (κ1) is 14.5. The molecule has 5 heteroatoms. The van der Waals surface area contributed by atoms with Gasteiger partial charge in [-0.05, 0) is 18.6 Å². The maximum Gasteiger partial charge on any atom is 0.425 e. The Bertz CT molecular complexity index is 621. The van der Waals surface area contributed by atoms with Crippen LogP contribution in [0.5, 0.6) is 0 Å². The van der Waals surface area contributed by atoms with Gasteiger partial charge in [-0.3, -0.25) is 0 Å². The van der Waals surface area contributed by atoms with Crippen molar-refractivity contribution in [2.75, 3.05) is 0 Å². The van der Waals surface area contributed by atoms with Crippen LogP contribution >= 0.6 is 0 Å². The van der Waals surface area contributed by atoms with Crippen molar-refractivity contribution in [1.29, 1.82) is 0 Å². The molecule has 20 heavy (non-hydrogen) atoms. The van der Waals surface area contributed by atoms with E-state index in [1.54, 1.807) is 13.0 Å². The van der Waals surface area contributed by atoms with Crippen LogP contribution in [0.4, 0.5) is 17.6 Å². The Labute approximate surface area is 113 Å². The molecule has 0 saturated heterocycles. The van der Waals surface area contributed by atoms with Crippen LogP contribution in [-0.2, 0) is 5.60 Å². The standard InChI is InChI=1S/C15H12F4O/c1-10-5-4-6-11(9-10)14(20,15(17,18)19)12-7-2-3-8-13(12)16/h2-9,20H,1H3. The van der Waals surface area contributed by atoms with Crippen LogP contribution in [0.2, 0.25) is 0 Å². The van der Waals surface area contributed by atoms with Gasteiger partial charge in [-0.15, -0.1) is 0 Å². The predicted octanol–water partition coefficient (Wildman–Crippen LogP) is 3.93. The van der Waals surface area contributed by atoms with E-state index in [9.17, 15) is 22.7 Å². The van der Waals surface area contributed by atoms with Gasteiger partial charge in [0.25, 0.3) is 0 Å². The molecule has 2 rings (SSSR count). The normalized spacial score (nSPS) is 14.9. The minimum Gasteiger partial charge on any atom is -0.372 e. The fourth-order valence-electron chi connectivity index (χ4n) is 2.10. The fourth-order valence-corrected chi connectivity index (χ4v) is 2.10. The summed E-state index contributed by atoms with van der Waals surface area (Å²) in [5, 5.41) is 10.2. The van der Waals surface area contributed by atoms with Gasteiger partial charge in [0, 0.05) is 5.56 Å². The van der Waals surface area contributed by atoms with Crippen LogP contribution in [0.15, 0.2) is 48.5 Å². The van der Waals surface area contributed by atoms with Crippen molar-refractivity contribution in [2.24, 2.45) is 0 Å². The molecule has 0 spiro atoms. The molecule has 1 N–H and O–H groups in total. The number of benzene rings is 2. The van der Waals surface area contributed by atoms with E-state index in [2.05, 4.69) is 0 Å². The van der Waals surface area contributed by atoms with E-state index in [4.69, 9.17) is 0 Å². The van der Waals surface area contributed by atoms with Gasteiger partial charge in [-0.25, -0.2) is 4.39 Å². The Balaban J connectivity index is 2.74. The van der Waals surface area contributed by atoms with E-state index in [1.165, 1.54) is 24.3 Å². The molecule has 0 amide bonds. The number of halogens is 4. The minimum atomic E-state index is -5.04. The first-order chi connectivity index (χ1) is 9.26. The molecule has 1 unspecified atom stereocenters. The monoisotopic (exact) mass is 284 g/mol. The van der Waals surface area contributed by atoms with Crippen LogP contribution in [0.1, 0.15) is 16.7 Å². The molecule has 0 heterocycles. The van der Waals surface area contributed by atoms with Crippen LogP contribution in [0.3, 0.4) is 0 Å². The van der Waals surface area contributed by atoms with E-state index in [-0.39, 0.29) is 0 Å². The molecule has 0 aliphatic heterocycles. The molecule has 1 nitrogen and oxygen atoms in total. The second-order valence-corrected chi connectivity index (χ2v) is 4.56. The van der Waals surface area contributed by atoms with Crippen molar-refractivity contribution < 1.29 is 22.7 Å². The Morgan fingerprint density at radius 1 is 0.950 bits per heavy atom. The Kier molecular flexibility index (Phi) is 3.56. The average molecular weight is 284 g/mol. The highest BCUT2D eigenvalue weighted by Gasteiger charge is 2.57. The molecule has 0 aliphatic carbocycles. The highest BCUT2D eigenvalue weighted by Crippen LogP contribution is 2.45. The molecule has 0 fully saturated rings. The molecule has 106 valence electrons. The zero-order valence-electron chi connectivity index (χ0n) is 10.6. The van der Waals surface area contributed by atoms with E-state index in [0.29, 0.717) is 5.56 Å². The second-order valence-electron chi connectivity index (χ2n) is 4.56. The van der Waals surface area contributed by atoms with Gasteiger partial charge in [-0.2, -0.15) is 13.2 Å². The molecule has 0 bridgehead atoms. The van der Waals surface area contributed by atoms with Crippen molar-refractivity contribution >= 4 is 0 Å². The van der Waals surface area contributed by atoms with Gasteiger partial charge in [0.05, 0.1) is 0 Å². The lowest BCUT2D eigenvalue weighted by Gasteiger charge is -2.32. The summed E-state index contributed by atoms with van der Waals surface area (Å²) in [6, 6.07) is 9.67. The van der Waals surface area contributed by atoms with Gasteiger partial charge in [0.1, 0.15) is 5.82 Å². The quantitative estimate of drug-likeness (QED) is 0.828. The van der Waals surface area contributed by atoms with E-state index >= 15 is 0 Å². The fraction of sp³-hybridized carbons (Fsp3) is 0.200. The SMILES string of the molecule is Cc1cccc(C(O)(c2ccccc2F)C(F)(F)F)c1. The zero-order chi connectivity index (χ0) is 15.0. The van der Waals surface area contributed by atoms with Crippen molar-refractivity contribution in [3.8, 4) is 0 Å². The van der Waals surface area contributed by atoms with Gasteiger partial charge in [0.2, 0.25) is 5.60 Å². The third-order valence-corrected chi connectivity index (χ3v) is 3.11. The van der Waals surface area contributed by atoms with E-state index < -0.39 is 28.7 Å². The van der Waals surface area contributed by atoms with Crippen molar-refractivity contribution in [3.63, 3.8) is 0 Å². The maximum atomic E-state index is 13.7. The van der Waals surface area contributed by atoms with Gasteiger partial charge in [-0.1, -0.05) is 48.0 Å². The molecule has 0 radical (unpaired) electrons. The smallest absolute Gasteiger partial charge is 0.372 e. The summed E-state index contributed by atoms with van der Waals surface area (Å²) in [5.74, 6) is -1.10. The van der Waals surface area contributed by atoms with Crippen molar-refractivity contribution in [2.45, 2.75) is 18.7 Å². The summed E-state index contributed by atoms with van der Waals surface area (Å²) in [7, 11) is 0. The lowest BCUT2D eigenvalue weighted by molar-refractivity contribution is -0.249. The highest BCUT2D eigenvalue weighted by atomic mass is 19.4. The molecule has 0 aromatic heterocycles. The van der Waals surface area contributed by atoms with Gasteiger partial charge < -0.3 is 5.11 Å². The molecular formula is C15H12F4O. The summed E-state index contributed by atoms with van der Waals surface area (Å²) in [4.78, 5) is 0. The number of hydrogen-bond acceptors (Lipinski definition) is 1.